The Morgan fingerprint density at radius 3 is 2.55 bits per heavy atom. The molecule has 1 N–H and O–H groups in total. The van der Waals surface area contributed by atoms with Crippen molar-refractivity contribution in [2.45, 2.75) is 6.54 Å². The van der Waals surface area contributed by atoms with E-state index in [1.54, 1.807) is 0 Å². The summed E-state index contributed by atoms with van der Waals surface area (Å²) in [5.74, 6) is -0.0734. The number of carbonyl (C=O) groups is 1. The Labute approximate surface area is 147 Å². The van der Waals surface area contributed by atoms with Crippen molar-refractivity contribution in [3.63, 3.8) is 0 Å². The summed E-state index contributed by atoms with van der Waals surface area (Å²) in [6.45, 7) is 0.485. The van der Waals surface area contributed by atoms with E-state index in [0.29, 0.717) is 12.1 Å². The van der Waals surface area contributed by atoms with Crippen LogP contribution in [0.2, 0.25) is 5.02 Å². The van der Waals surface area contributed by atoms with Gasteiger partial charge in [-0.1, -0.05) is 48.0 Å². The highest BCUT2D eigenvalue weighted by atomic mass is 127. The molecule has 0 bridgehead atoms. The van der Waals surface area contributed by atoms with Gasteiger partial charge >= 0.3 is 0 Å². The van der Waals surface area contributed by atoms with E-state index in [1.807, 2.05) is 60.7 Å². The van der Waals surface area contributed by atoms with Gasteiger partial charge in [0.1, 0.15) is 0 Å². The molecule has 3 rings (SSSR count). The predicted octanol–water partition coefficient (Wildman–Crippen LogP) is 5.03. The first-order chi connectivity index (χ1) is 10.6. The summed E-state index contributed by atoms with van der Waals surface area (Å²) >= 11 is 8.18. The largest absolute Gasteiger partial charge is 0.348 e. The summed E-state index contributed by atoms with van der Waals surface area (Å²) in [4.78, 5) is 12.3. The van der Waals surface area contributed by atoms with Gasteiger partial charge in [-0.2, -0.15) is 0 Å². The van der Waals surface area contributed by atoms with Gasteiger partial charge in [0.25, 0.3) is 5.91 Å². The lowest BCUT2D eigenvalue weighted by molar-refractivity contribution is 0.0951. The van der Waals surface area contributed by atoms with Gasteiger partial charge in [-0.3, -0.25) is 4.79 Å². The van der Waals surface area contributed by atoms with Crippen molar-refractivity contribution in [1.29, 1.82) is 0 Å². The van der Waals surface area contributed by atoms with Gasteiger partial charge in [-0.25, -0.2) is 0 Å². The number of benzene rings is 3. The van der Waals surface area contributed by atoms with Crippen LogP contribution in [0.3, 0.4) is 0 Å². The van der Waals surface area contributed by atoms with Gasteiger partial charge in [-0.15, -0.1) is 0 Å². The lowest BCUT2D eigenvalue weighted by Crippen LogP contribution is -2.22. The Bertz CT molecular complexity index is 847. The van der Waals surface area contributed by atoms with Crippen molar-refractivity contribution in [3.8, 4) is 0 Å². The molecule has 0 spiro atoms. The first-order valence-electron chi connectivity index (χ1n) is 6.84. The fraction of sp³-hybridized carbons (Fsp3) is 0.0556. The van der Waals surface area contributed by atoms with Crippen molar-refractivity contribution in [2.24, 2.45) is 0 Å². The van der Waals surface area contributed by atoms with Crippen LogP contribution in [-0.2, 0) is 6.54 Å². The number of carbonyl (C=O) groups excluding carboxylic acids is 1. The molecule has 3 aromatic carbocycles. The molecular weight excluding hydrogens is 409 g/mol. The Hall–Kier alpha value is -1.59. The Balaban J connectivity index is 1.74. The molecule has 0 aromatic heterocycles. The zero-order valence-corrected chi connectivity index (χ0v) is 14.6. The fourth-order valence-corrected chi connectivity index (χ4v) is 2.96. The zero-order chi connectivity index (χ0) is 15.5. The highest BCUT2D eigenvalue weighted by Gasteiger charge is 2.07. The summed E-state index contributed by atoms with van der Waals surface area (Å²) in [5, 5.41) is 5.87. The third kappa shape index (κ3) is 3.42. The standard InChI is InChI=1S/C18H13ClINO/c19-16-8-5-12(9-17(16)20)11-21-18(22)15-7-6-13-3-1-2-4-14(13)10-15/h1-10H,11H2,(H,21,22). The van der Waals surface area contributed by atoms with Gasteiger partial charge in [0.2, 0.25) is 0 Å². The molecule has 0 saturated heterocycles. The molecule has 0 unspecified atom stereocenters. The van der Waals surface area contributed by atoms with Crippen LogP contribution in [0.5, 0.6) is 0 Å². The van der Waals surface area contributed by atoms with Crippen molar-refractivity contribution >= 4 is 50.9 Å². The molecule has 0 aliphatic heterocycles. The minimum absolute atomic E-state index is 0.0734. The quantitative estimate of drug-likeness (QED) is 0.591. The van der Waals surface area contributed by atoms with Crippen molar-refractivity contribution < 1.29 is 4.79 Å². The maximum Gasteiger partial charge on any atom is 0.251 e. The number of amides is 1. The first kappa shape index (κ1) is 15.3. The third-order valence-corrected chi connectivity index (χ3v) is 4.99. The van der Waals surface area contributed by atoms with E-state index in [2.05, 4.69) is 27.9 Å². The van der Waals surface area contributed by atoms with E-state index in [4.69, 9.17) is 11.6 Å². The van der Waals surface area contributed by atoms with E-state index in [-0.39, 0.29) is 5.91 Å². The first-order valence-corrected chi connectivity index (χ1v) is 8.30. The topological polar surface area (TPSA) is 29.1 Å². The summed E-state index contributed by atoms with van der Waals surface area (Å²) < 4.78 is 0.983. The van der Waals surface area contributed by atoms with Crippen molar-refractivity contribution in [3.05, 3.63) is 80.4 Å². The highest BCUT2D eigenvalue weighted by Crippen LogP contribution is 2.19. The van der Waals surface area contributed by atoms with Crippen LogP contribution in [0, 0.1) is 3.57 Å². The average molecular weight is 422 g/mol. The van der Waals surface area contributed by atoms with Gasteiger partial charge in [-0.05, 0) is 63.2 Å². The molecule has 0 fully saturated rings. The van der Waals surface area contributed by atoms with Gasteiger partial charge < -0.3 is 5.32 Å². The monoisotopic (exact) mass is 421 g/mol. The second-order valence-corrected chi connectivity index (χ2v) is 6.56. The van der Waals surface area contributed by atoms with E-state index in [9.17, 15) is 4.79 Å². The molecule has 22 heavy (non-hydrogen) atoms. The maximum absolute atomic E-state index is 12.3. The van der Waals surface area contributed by atoms with Crippen LogP contribution in [0.4, 0.5) is 0 Å². The zero-order valence-electron chi connectivity index (χ0n) is 11.6. The number of hydrogen-bond acceptors (Lipinski definition) is 1. The van der Waals surface area contributed by atoms with Crippen LogP contribution < -0.4 is 5.32 Å². The SMILES string of the molecule is O=C(NCc1ccc(Cl)c(I)c1)c1ccc2ccccc2c1. The molecule has 0 heterocycles. The maximum atomic E-state index is 12.3. The van der Waals surface area contributed by atoms with Crippen LogP contribution in [0.15, 0.2) is 60.7 Å². The predicted molar refractivity (Wildman–Crippen MR) is 99.3 cm³/mol. The normalized spacial score (nSPS) is 10.6. The summed E-state index contributed by atoms with van der Waals surface area (Å²) in [7, 11) is 0. The number of fused-ring (bicyclic) bond motifs is 1. The van der Waals surface area contributed by atoms with Gasteiger partial charge in [0.15, 0.2) is 0 Å². The average Bonchev–Trinajstić information content (AvgIpc) is 2.55. The summed E-state index contributed by atoms with van der Waals surface area (Å²) in [6, 6.07) is 19.5. The van der Waals surface area contributed by atoms with E-state index >= 15 is 0 Å². The molecule has 110 valence electrons. The molecule has 0 radical (unpaired) electrons. The molecule has 3 aromatic rings. The van der Waals surface area contributed by atoms with Gasteiger partial charge in [0, 0.05) is 15.7 Å². The number of hydrogen-bond donors (Lipinski definition) is 1. The van der Waals surface area contributed by atoms with Crippen LogP contribution in [0.25, 0.3) is 10.8 Å². The van der Waals surface area contributed by atoms with Crippen LogP contribution in [-0.4, -0.2) is 5.91 Å². The van der Waals surface area contributed by atoms with E-state index in [1.165, 1.54) is 0 Å². The molecule has 1 amide bonds. The van der Waals surface area contributed by atoms with Crippen molar-refractivity contribution in [2.75, 3.05) is 0 Å². The number of rotatable bonds is 3. The molecule has 0 aliphatic carbocycles. The van der Waals surface area contributed by atoms with Crippen molar-refractivity contribution in [1.82, 2.24) is 5.32 Å². The molecule has 0 aliphatic rings. The van der Waals surface area contributed by atoms with Crippen LogP contribution >= 0.6 is 34.2 Å². The second kappa shape index (κ2) is 6.67. The number of nitrogens with one attached hydrogen (secondary N) is 1. The van der Waals surface area contributed by atoms with E-state index < -0.39 is 0 Å². The Morgan fingerprint density at radius 2 is 1.77 bits per heavy atom. The minimum Gasteiger partial charge on any atom is -0.348 e. The van der Waals surface area contributed by atoms with Crippen LogP contribution in [0.1, 0.15) is 15.9 Å². The second-order valence-electron chi connectivity index (χ2n) is 4.99. The third-order valence-electron chi connectivity index (χ3n) is 3.45. The minimum atomic E-state index is -0.0734. The fourth-order valence-electron chi connectivity index (χ4n) is 2.26. The molecule has 4 heteroatoms. The lowest BCUT2D eigenvalue weighted by Gasteiger charge is -2.07. The molecular formula is C18H13ClINO. The molecule has 0 saturated carbocycles. The summed E-state index contributed by atoms with van der Waals surface area (Å²) in [6.07, 6.45) is 0. The highest BCUT2D eigenvalue weighted by molar-refractivity contribution is 14.1. The Morgan fingerprint density at radius 1 is 1.00 bits per heavy atom. The number of halogens is 2. The van der Waals surface area contributed by atoms with Gasteiger partial charge in [0.05, 0.1) is 5.02 Å². The van der Waals surface area contributed by atoms with E-state index in [0.717, 1.165) is 24.9 Å². The molecule has 2 nitrogen and oxygen atoms in total. The lowest BCUT2D eigenvalue weighted by atomic mass is 10.1. The Kier molecular flexibility index (Phi) is 4.64. The smallest absolute Gasteiger partial charge is 0.251 e. The molecule has 0 atom stereocenters. The summed E-state index contributed by atoms with van der Waals surface area (Å²) in [5.41, 5.74) is 1.70.